The fourth-order valence-corrected chi connectivity index (χ4v) is 2.37. The highest BCUT2D eigenvalue weighted by atomic mass is 32.2. The van der Waals surface area contributed by atoms with E-state index in [4.69, 9.17) is 0 Å². The van der Waals surface area contributed by atoms with Crippen LogP contribution in [0, 0.1) is 5.82 Å². The number of hydrogen-bond acceptors (Lipinski definition) is 6. The third-order valence-electron chi connectivity index (χ3n) is 2.74. The number of benzene rings is 1. The van der Waals surface area contributed by atoms with Crippen LogP contribution >= 0.6 is 0 Å². The van der Waals surface area contributed by atoms with Gasteiger partial charge in [0.1, 0.15) is 5.82 Å². The molecule has 25 heavy (non-hydrogen) atoms. The Morgan fingerprint density at radius 3 is 2.44 bits per heavy atom. The molecule has 1 aromatic rings. The molecule has 0 heterocycles. The summed E-state index contributed by atoms with van der Waals surface area (Å²) in [4.78, 5) is 34.3. The summed E-state index contributed by atoms with van der Waals surface area (Å²) >= 11 is 0. The van der Waals surface area contributed by atoms with E-state index in [2.05, 4.69) is 10.1 Å². The molecule has 1 rings (SSSR count). The number of carbonyl (C=O) groups excluding carboxylic acids is 3. The van der Waals surface area contributed by atoms with Gasteiger partial charge in [-0.25, -0.2) is 27.1 Å². The molecule has 138 valence electrons. The van der Waals surface area contributed by atoms with Crippen LogP contribution in [0.3, 0.4) is 0 Å². The van der Waals surface area contributed by atoms with Crippen molar-refractivity contribution in [3.8, 4) is 0 Å². The van der Waals surface area contributed by atoms with Crippen LogP contribution in [0.2, 0.25) is 0 Å². The number of urea groups is 1. The van der Waals surface area contributed by atoms with Crippen molar-refractivity contribution in [2.75, 3.05) is 13.7 Å². The molecule has 0 aromatic heterocycles. The number of esters is 1. The standard InChI is InChI=1S/C14H18FN3O6S/c1-8(2)17-14(21)18-12(19)7-24-13(20)10-6-9(4-5-11(10)15)25(22,23)16-3/h4-6,8,16H,7H2,1-3H3,(H2,17,18,19,21). The van der Waals surface area contributed by atoms with Gasteiger partial charge in [-0.1, -0.05) is 0 Å². The van der Waals surface area contributed by atoms with Gasteiger partial charge < -0.3 is 10.1 Å². The smallest absolute Gasteiger partial charge is 0.341 e. The van der Waals surface area contributed by atoms with E-state index in [1.54, 1.807) is 13.8 Å². The number of imide groups is 1. The second-order valence-corrected chi connectivity index (χ2v) is 6.99. The van der Waals surface area contributed by atoms with Crippen molar-refractivity contribution in [1.82, 2.24) is 15.4 Å². The number of carbonyl (C=O) groups is 3. The highest BCUT2D eigenvalue weighted by molar-refractivity contribution is 7.89. The van der Waals surface area contributed by atoms with E-state index in [0.29, 0.717) is 0 Å². The van der Waals surface area contributed by atoms with Crippen LogP contribution in [0.15, 0.2) is 23.1 Å². The lowest BCUT2D eigenvalue weighted by Gasteiger charge is -2.10. The van der Waals surface area contributed by atoms with Crippen molar-refractivity contribution in [2.24, 2.45) is 0 Å². The summed E-state index contributed by atoms with van der Waals surface area (Å²) < 4.78 is 43.7. The van der Waals surface area contributed by atoms with Crippen LogP contribution in [0.25, 0.3) is 0 Å². The van der Waals surface area contributed by atoms with E-state index >= 15 is 0 Å². The molecule has 0 spiro atoms. The summed E-state index contributed by atoms with van der Waals surface area (Å²) in [5.41, 5.74) is -0.657. The Balaban J connectivity index is 2.76. The van der Waals surface area contributed by atoms with E-state index in [-0.39, 0.29) is 10.9 Å². The molecule has 0 aliphatic heterocycles. The van der Waals surface area contributed by atoms with Crippen molar-refractivity contribution in [2.45, 2.75) is 24.8 Å². The number of sulfonamides is 1. The largest absolute Gasteiger partial charge is 0.452 e. The molecule has 0 unspecified atom stereocenters. The minimum atomic E-state index is -3.89. The lowest BCUT2D eigenvalue weighted by Crippen LogP contribution is -2.44. The molecule has 3 amide bonds. The van der Waals surface area contributed by atoms with E-state index in [9.17, 15) is 27.2 Å². The van der Waals surface area contributed by atoms with Crippen molar-refractivity contribution in [3.63, 3.8) is 0 Å². The molecule has 9 nitrogen and oxygen atoms in total. The number of halogens is 1. The van der Waals surface area contributed by atoms with E-state index in [1.165, 1.54) is 0 Å². The van der Waals surface area contributed by atoms with Crippen LogP contribution in [0.5, 0.6) is 0 Å². The summed E-state index contributed by atoms with van der Waals surface area (Å²) in [6.07, 6.45) is 0. The quantitative estimate of drug-likeness (QED) is 0.606. The van der Waals surface area contributed by atoms with Gasteiger partial charge in [0.05, 0.1) is 10.5 Å². The van der Waals surface area contributed by atoms with Gasteiger partial charge >= 0.3 is 12.0 Å². The Morgan fingerprint density at radius 2 is 1.88 bits per heavy atom. The number of nitrogens with one attached hydrogen (secondary N) is 3. The highest BCUT2D eigenvalue weighted by Gasteiger charge is 2.20. The molecule has 0 aliphatic rings. The monoisotopic (exact) mass is 375 g/mol. The second-order valence-electron chi connectivity index (χ2n) is 5.10. The third kappa shape index (κ3) is 6.12. The summed E-state index contributed by atoms with van der Waals surface area (Å²) in [7, 11) is -2.73. The minimum Gasteiger partial charge on any atom is -0.452 e. The molecule has 0 aliphatic carbocycles. The Kier molecular flexibility index (Phi) is 7.00. The maximum atomic E-state index is 13.7. The lowest BCUT2D eigenvalue weighted by atomic mass is 10.2. The van der Waals surface area contributed by atoms with Crippen molar-refractivity contribution < 1.29 is 31.9 Å². The third-order valence-corrected chi connectivity index (χ3v) is 4.16. The Hall–Kier alpha value is -2.53. The fourth-order valence-electron chi connectivity index (χ4n) is 1.62. The van der Waals surface area contributed by atoms with Crippen molar-refractivity contribution >= 4 is 27.9 Å². The van der Waals surface area contributed by atoms with E-state index in [0.717, 1.165) is 25.2 Å². The number of rotatable bonds is 6. The fraction of sp³-hybridized carbons (Fsp3) is 0.357. The number of ether oxygens (including phenoxy) is 1. The van der Waals surface area contributed by atoms with E-state index in [1.807, 2.05) is 10.0 Å². The maximum absolute atomic E-state index is 13.7. The zero-order valence-corrected chi connectivity index (χ0v) is 14.6. The highest BCUT2D eigenvalue weighted by Crippen LogP contribution is 2.15. The first-order valence-corrected chi connectivity index (χ1v) is 8.55. The van der Waals surface area contributed by atoms with Crippen LogP contribution in [0.4, 0.5) is 9.18 Å². The topological polar surface area (TPSA) is 131 Å². The van der Waals surface area contributed by atoms with Crippen LogP contribution in [0.1, 0.15) is 24.2 Å². The predicted octanol–water partition coefficient (Wildman–Crippen LogP) is 0.125. The first kappa shape index (κ1) is 20.5. The SMILES string of the molecule is CNS(=O)(=O)c1ccc(F)c(C(=O)OCC(=O)NC(=O)NC(C)C)c1. The van der Waals surface area contributed by atoms with Gasteiger partial charge in [-0.15, -0.1) is 0 Å². The Labute approximate surface area is 144 Å². The van der Waals surface area contributed by atoms with Gasteiger partial charge in [-0.3, -0.25) is 10.1 Å². The van der Waals surface area contributed by atoms with Crippen LogP contribution < -0.4 is 15.4 Å². The molecular formula is C14H18FN3O6S. The average molecular weight is 375 g/mol. The van der Waals surface area contributed by atoms with Gasteiger partial charge in [0.25, 0.3) is 5.91 Å². The Morgan fingerprint density at radius 1 is 1.24 bits per heavy atom. The predicted molar refractivity (Wildman–Crippen MR) is 84.7 cm³/mol. The average Bonchev–Trinajstić information content (AvgIpc) is 2.51. The number of amides is 3. The molecule has 3 N–H and O–H groups in total. The van der Waals surface area contributed by atoms with Crippen molar-refractivity contribution in [3.05, 3.63) is 29.6 Å². The van der Waals surface area contributed by atoms with Crippen LogP contribution in [-0.2, 0) is 19.6 Å². The molecule has 0 atom stereocenters. The molecule has 0 saturated heterocycles. The molecule has 11 heteroatoms. The zero-order chi connectivity index (χ0) is 19.2. The molecule has 0 bridgehead atoms. The second kappa shape index (κ2) is 8.53. The van der Waals surface area contributed by atoms with Gasteiger partial charge in [0.2, 0.25) is 10.0 Å². The van der Waals surface area contributed by atoms with Crippen molar-refractivity contribution in [1.29, 1.82) is 0 Å². The van der Waals surface area contributed by atoms with E-state index < -0.39 is 45.9 Å². The summed E-state index contributed by atoms with van der Waals surface area (Å²) in [5, 5.41) is 4.30. The summed E-state index contributed by atoms with van der Waals surface area (Å²) in [5.74, 6) is -3.19. The molecular weight excluding hydrogens is 357 g/mol. The normalized spacial score (nSPS) is 11.1. The number of hydrogen-bond donors (Lipinski definition) is 3. The zero-order valence-electron chi connectivity index (χ0n) is 13.8. The lowest BCUT2D eigenvalue weighted by molar-refractivity contribution is -0.123. The summed E-state index contributed by atoms with van der Waals surface area (Å²) in [6, 6.07) is 1.57. The molecule has 0 fully saturated rings. The van der Waals surface area contributed by atoms with Crippen LogP contribution in [-0.4, -0.2) is 46.0 Å². The first-order valence-electron chi connectivity index (χ1n) is 7.07. The van der Waals surface area contributed by atoms with Gasteiger partial charge in [0, 0.05) is 6.04 Å². The molecule has 1 aromatic carbocycles. The van der Waals surface area contributed by atoms with Gasteiger partial charge in [-0.05, 0) is 39.1 Å². The molecule has 0 saturated carbocycles. The first-order chi connectivity index (χ1) is 11.6. The Bertz CT molecular complexity index is 779. The molecule has 0 radical (unpaired) electrons. The van der Waals surface area contributed by atoms with Gasteiger partial charge in [-0.2, -0.15) is 0 Å². The van der Waals surface area contributed by atoms with Gasteiger partial charge in [0.15, 0.2) is 6.61 Å². The minimum absolute atomic E-state index is 0.207. The summed E-state index contributed by atoms with van der Waals surface area (Å²) in [6.45, 7) is 2.52. The maximum Gasteiger partial charge on any atom is 0.341 e.